The van der Waals surface area contributed by atoms with E-state index in [-0.39, 0.29) is 11.0 Å². The summed E-state index contributed by atoms with van der Waals surface area (Å²) in [5.41, 5.74) is -0.554. The zero-order valence-corrected chi connectivity index (χ0v) is 11.4. The summed E-state index contributed by atoms with van der Waals surface area (Å²) >= 11 is 5.65. The van der Waals surface area contributed by atoms with E-state index in [1.807, 2.05) is 0 Å². The first-order chi connectivity index (χ1) is 9.44. The average Bonchev–Trinajstić information content (AvgIpc) is 2.38. The predicted octanol–water partition coefficient (Wildman–Crippen LogP) is 2.55. The van der Waals surface area contributed by atoms with Gasteiger partial charge in [0.2, 0.25) is 0 Å². The van der Waals surface area contributed by atoms with Crippen LogP contribution in [0.25, 0.3) is 0 Å². The maximum atomic E-state index is 13.4. The Morgan fingerprint density at radius 2 is 1.95 bits per heavy atom. The Morgan fingerprint density at radius 1 is 1.25 bits per heavy atom. The number of nitrogens with zero attached hydrogens (tertiary/aromatic N) is 2. The molecule has 0 fully saturated rings. The Balaban J connectivity index is 2.47. The number of pyridine rings is 1. The van der Waals surface area contributed by atoms with Crippen LogP contribution in [0.1, 0.15) is 5.56 Å². The molecule has 0 saturated carbocycles. The van der Waals surface area contributed by atoms with Crippen molar-refractivity contribution in [2.75, 3.05) is 4.72 Å². The summed E-state index contributed by atoms with van der Waals surface area (Å²) in [6.07, 6.45) is 0. The first kappa shape index (κ1) is 14.2. The quantitative estimate of drug-likeness (QED) is 0.883. The van der Waals surface area contributed by atoms with Gasteiger partial charge in [-0.05, 0) is 24.3 Å². The second-order valence-electron chi connectivity index (χ2n) is 3.68. The van der Waals surface area contributed by atoms with E-state index >= 15 is 0 Å². The molecular weight excluding hydrogens is 305 g/mol. The SMILES string of the molecule is N#Cc1c(F)cccc1S(=O)(=O)Nc1cccc(Cl)n1. The lowest BCUT2D eigenvalue weighted by atomic mass is 10.2. The number of sulfonamides is 1. The number of halogens is 2. The van der Waals surface area contributed by atoms with E-state index in [4.69, 9.17) is 16.9 Å². The summed E-state index contributed by atoms with van der Waals surface area (Å²) in [4.78, 5) is 3.30. The number of nitrogens with one attached hydrogen (secondary N) is 1. The number of hydrogen-bond acceptors (Lipinski definition) is 4. The highest BCUT2D eigenvalue weighted by Gasteiger charge is 2.21. The molecule has 0 amide bonds. The fourth-order valence-corrected chi connectivity index (χ4v) is 2.83. The molecule has 1 N–H and O–H groups in total. The molecule has 0 aliphatic rings. The number of aromatic nitrogens is 1. The van der Waals surface area contributed by atoms with Gasteiger partial charge in [-0.3, -0.25) is 4.72 Å². The van der Waals surface area contributed by atoms with Gasteiger partial charge < -0.3 is 0 Å². The van der Waals surface area contributed by atoms with E-state index in [1.54, 1.807) is 0 Å². The van der Waals surface area contributed by atoms with Gasteiger partial charge in [-0.25, -0.2) is 17.8 Å². The normalized spacial score (nSPS) is 10.8. The van der Waals surface area contributed by atoms with Gasteiger partial charge in [0.05, 0.1) is 0 Å². The van der Waals surface area contributed by atoms with Gasteiger partial charge in [-0.2, -0.15) is 5.26 Å². The average molecular weight is 312 g/mol. The largest absolute Gasteiger partial charge is 0.264 e. The molecule has 102 valence electrons. The highest BCUT2D eigenvalue weighted by Crippen LogP contribution is 2.21. The van der Waals surface area contributed by atoms with Crippen LogP contribution in [0.3, 0.4) is 0 Å². The molecule has 0 bridgehead atoms. The van der Waals surface area contributed by atoms with Crippen molar-refractivity contribution in [2.45, 2.75) is 4.90 Å². The second-order valence-corrected chi connectivity index (χ2v) is 5.71. The molecule has 0 aliphatic carbocycles. The minimum Gasteiger partial charge on any atom is -0.263 e. The second kappa shape index (κ2) is 5.45. The van der Waals surface area contributed by atoms with Crippen LogP contribution in [0.2, 0.25) is 5.15 Å². The molecule has 2 aromatic rings. The van der Waals surface area contributed by atoms with Gasteiger partial charge in [0.25, 0.3) is 10.0 Å². The third kappa shape index (κ3) is 2.87. The van der Waals surface area contributed by atoms with Crippen molar-refractivity contribution in [2.24, 2.45) is 0 Å². The van der Waals surface area contributed by atoms with Crippen LogP contribution in [0, 0.1) is 17.1 Å². The molecule has 20 heavy (non-hydrogen) atoms. The minimum atomic E-state index is -4.13. The summed E-state index contributed by atoms with van der Waals surface area (Å²) in [5, 5.41) is 8.96. The molecule has 8 heteroatoms. The maximum absolute atomic E-state index is 13.4. The Bertz CT molecular complexity index is 803. The molecule has 5 nitrogen and oxygen atoms in total. The van der Waals surface area contributed by atoms with E-state index in [1.165, 1.54) is 30.3 Å². The van der Waals surface area contributed by atoms with Crippen LogP contribution in [0.15, 0.2) is 41.3 Å². The molecule has 0 spiro atoms. The molecule has 0 unspecified atom stereocenters. The zero-order valence-electron chi connectivity index (χ0n) is 9.84. The topological polar surface area (TPSA) is 82.8 Å². The molecule has 2 rings (SSSR count). The van der Waals surface area contributed by atoms with Gasteiger partial charge in [0.15, 0.2) is 0 Å². The number of anilines is 1. The zero-order chi connectivity index (χ0) is 14.8. The highest BCUT2D eigenvalue weighted by molar-refractivity contribution is 7.92. The van der Waals surface area contributed by atoms with E-state index in [0.717, 1.165) is 12.1 Å². The van der Waals surface area contributed by atoms with E-state index in [0.29, 0.717) is 0 Å². The Morgan fingerprint density at radius 3 is 2.60 bits per heavy atom. The van der Waals surface area contributed by atoms with Crippen molar-refractivity contribution in [3.63, 3.8) is 0 Å². The lowest BCUT2D eigenvalue weighted by Gasteiger charge is -2.09. The van der Waals surface area contributed by atoms with Gasteiger partial charge >= 0.3 is 0 Å². The lowest BCUT2D eigenvalue weighted by Crippen LogP contribution is -2.15. The van der Waals surface area contributed by atoms with E-state index < -0.39 is 26.3 Å². The number of benzene rings is 1. The molecule has 1 aromatic carbocycles. The first-order valence-electron chi connectivity index (χ1n) is 5.28. The van der Waals surface area contributed by atoms with Crippen LogP contribution < -0.4 is 4.72 Å². The fraction of sp³-hybridized carbons (Fsp3) is 0. The predicted molar refractivity (Wildman–Crippen MR) is 71.2 cm³/mol. The molecule has 0 saturated heterocycles. The lowest BCUT2D eigenvalue weighted by molar-refractivity contribution is 0.593. The van der Waals surface area contributed by atoms with Crippen LogP contribution in [0.5, 0.6) is 0 Å². The van der Waals surface area contributed by atoms with E-state index in [9.17, 15) is 12.8 Å². The summed E-state index contributed by atoms with van der Waals surface area (Å²) in [5.74, 6) is -0.930. The first-order valence-corrected chi connectivity index (χ1v) is 7.14. The van der Waals surface area contributed by atoms with E-state index in [2.05, 4.69) is 9.71 Å². The smallest absolute Gasteiger partial charge is 0.263 e. The van der Waals surface area contributed by atoms with Gasteiger partial charge in [-0.1, -0.05) is 23.7 Å². The third-order valence-electron chi connectivity index (χ3n) is 2.33. The Labute approximate surface area is 119 Å². The van der Waals surface area contributed by atoms with Gasteiger partial charge in [0.1, 0.15) is 33.3 Å². The molecular formula is C12H7ClFN3O2S. The number of nitriles is 1. The maximum Gasteiger partial charge on any atom is 0.264 e. The van der Waals surface area contributed by atoms with Crippen molar-refractivity contribution < 1.29 is 12.8 Å². The van der Waals surface area contributed by atoms with Crippen molar-refractivity contribution in [1.29, 1.82) is 5.26 Å². The van der Waals surface area contributed by atoms with Crippen LogP contribution in [-0.2, 0) is 10.0 Å². The molecule has 0 aliphatic heterocycles. The van der Waals surface area contributed by atoms with Gasteiger partial charge in [-0.15, -0.1) is 0 Å². The van der Waals surface area contributed by atoms with Gasteiger partial charge in [0, 0.05) is 0 Å². The van der Waals surface area contributed by atoms with Crippen LogP contribution >= 0.6 is 11.6 Å². The van der Waals surface area contributed by atoms with Crippen molar-refractivity contribution >= 4 is 27.4 Å². The van der Waals surface area contributed by atoms with Crippen LogP contribution in [0.4, 0.5) is 10.2 Å². The van der Waals surface area contributed by atoms with Crippen LogP contribution in [-0.4, -0.2) is 13.4 Å². The third-order valence-corrected chi connectivity index (χ3v) is 3.94. The summed E-state index contributed by atoms with van der Waals surface area (Å²) < 4.78 is 39.8. The van der Waals surface area contributed by atoms with Crippen molar-refractivity contribution in [3.8, 4) is 6.07 Å². The van der Waals surface area contributed by atoms with Crippen molar-refractivity contribution in [1.82, 2.24) is 4.98 Å². The number of rotatable bonds is 3. The number of hydrogen-bond donors (Lipinski definition) is 1. The minimum absolute atomic E-state index is 0.0225. The standard InChI is InChI=1S/C12H7ClFN3O2S/c13-11-5-2-6-12(16-11)17-20(18,19)10-4-1-3-9(14)8(10)7-15/h1-6H,(H,16,17). The summed E-state index contributed by atoms with van der Waals surface area (Å²) in [7, 11) is -4.13. The highest BCUT2D eigenvalue weighted by atomic mass is 35.5. The molecule has 0 atom stereocenters. The van der Waals surface area contributed by atoms with Crippen molar-refractivity contribution in [3.05, 3.63) is 52.9 Å². The molecule has 1 aromatic heterocycles. The molecule has 0 radical (unpaired) electrons. The summed E-state index contributed by atoms with van der Waals surface area (Å²) in [6.45, 7) is 0. The monoisotopic (exact) mass is 311 g/mol. The Kier molecular flexibility index (Phi) is 3.88. The summed E-state index contributed by atoms with van der Waals surface area (Å²) in [6, 6.07) is 9.24. The fourth-order valence-electron chi connectivity index (χ4n) is 1.49. The molecule has 1 heterocycles. The Hall–Kier alpha value is -2.17.